The predicted molar refractivity (Wildman–Crippen MR) is 66.8 cm³/mol. The van der Waals surface area contributed by atoms with Crippen LogP contribution in [0, 0.1) is 6.92 Å². The molecule has 0 aliphatic rings. The molecule has 1 atom stereocenters. The van der Waals surface area contributed by atoms with Gasteiger partial charge in [0.25, 0.3) is 0 Å². The lowest BCUT2D eigenvalue weighted by Crippen LogP contribution is -2.21. The Morgan fingerprint density at radius 1 is 1.53 bits per heavy atom. The van der Waals surface area contributed by atoms with Crippen molar-refractivity contribution < 1.29 is 4.42 Å². The number of hydrogen-bond donors (Lipinski definition) is 1. The van der Waals surface area contributed by atoms with E-state index in [1.54, 1.807) is 6.26 Å². The van der Waals surface area contributed by atoms with E-state index in [1.807, 2.05) is 37.1 Å². The summed E-state index contributed by atoms with van der Waals surface area (Å²) < 4.78 is 7.30. The summed E-state index contributed by atoms with van der Waals surface area (Å²) in [6, 6.07) is 4.26. The minimum absolute atomic E-state index is 0.313. The quantitative estimate of drug-likeness (QED) is 0.861. The smallest absolute Gasteiger partial charge is 0.103 e. The van der Waals surface area contributed by atoms with Crippen LogP contribution in [0.5, 0.6) is 0 Å². The number of nitrogens with one attached hydrogen (secondary N) is 1. The number of aromatic nitrogens is 2. The van der Waals surface area contributed by atoms with Crippen LogP contribution in [-0.2, 0) is 13.5 Å². The molecule has 17 heavy (non-hydrogen) atoms. The van der Waals surface area contributed by atoms with Crippen LogP contribution in [0.3, 0.4) is 0 Å². The SMILES string of the molecule is CNC(CCc1ccco1)c1c(C)cnn1C. The molecule has 2 aromatic rings. The van der Waals surface area contributed by atoms with Gasteiger partial charge >= 0.3 is 0 Å². The first kappa shape index (κ1) is 11.9. The first-order chi connectivity index (χ1) is 8.22. The maximum absolute atomic E-state index is 5.36. The highest BCUT2D eigenvalue weighted by atomic mass is 16.3. The molecular formula is C13H19N3O. The number of aryl methyl sites for hydroxylation is 3. The topological polar surface area (TPSA) is 43.0 Å². The average molecular weight is 233 g/mol. The van der Waals surface area contributed by atoms with Crippen LogP contribution in [0.15, 0.2) is 29.0 Å². The van der Waals surface area contributed by atoms with Crippen LogP contribution >= 0.6 is 0 Å². The molecule has 2 aromatic heterocycles. The van der Waals surface area contributed by atoms with Gasteiger partial charge in [0, 0.05) is 19.5 Å². The van der Waals surface area contributed by atoms with Gasteiger partial charge in [-0.3, -0.25) is 4.68 Å². The number of nitrogens with zero attached hydrogens (tertiary/aromatic N) is 2. The Hall–Kier alpha value is -1.55. The Morgan fingerprint density at radius 3 is 2.88 bits per heavy atom. The summed E-state index contributed by atoms with van der Waals surface area (Å²) in [4.78, 5) is 0. The van der Waals surface area contributed by atoms with Gasteiger partial charge < -0.3 is 9.73 Å². The van der Waals surface area contributed by atoms with Crippen molar-refractivity contribution in [2.45, 2.75) is 25.8 Å². The summed E-state index contributed by atoms with van der Waals surface area (Å²) in [5.41, 5.74) is 2.48. The zero-order valence-corrected chi connectivity index (χ0v) is 10.6. The third-order valence-corrected chi connectivity index (χ3v) is 3.12. The molecule has 92 valence electrons. The summed E-state index contributed by atoms with van der Waals surface area (Å²) in [6.45, 7) is 2.10. The van der Waals surface area contributed by atoms with Gasteiger partial charge in [0.1, 0.15) is 5.76 Å². The summed E-state index contributed by atoms with van der Waals surface area (Å²) in [6.07, 6.45) is 5.57. The number of rotatable bonds is 5. The third-order valence-electron chi connectivity index (χ3n) is 3.12. The van der Waals surface area contributed by atoms with E-state index in [4.69, 9.17) is 4.42 Å². The second-order valence-electron chi connectivity index (χ2n) is 4.30. The summed E-state index contributed by atoms with van der Waals surface area (Å²) in [7, 11) is 3.97. The van der Waals surface area contributed by atoms with Gasteiger partial charge in [0.05, 0.1) is 18.2 Å². The average Bonchev–Trinajstić information content (AvgIpc) is 2.93. The van der Waals surface area contributed by atoms with Gasteiger partial charge in [-0.1, -0.05) is 0 Å². The molecule has 4 nitrogen and oxygen atoms in total. The van der Waals surface area contributed by atoms with Crippen molar-refractivity contribution in [3.63, 3.8) is 0 Å². The summed E-state index contributed by atoms with van der Waals surface area (Å²) >= 11 is 0. The van der Waals surface area contributed by atoms with E-state index in [0.717, 1.165) is 18.6 Å². The molecule has 0 bridgehead atoms. The fourth-order valence-corrected chi connectivity index (χ4v) is 2.22. The van der Waals surface area contributed by atoms with Gasteiger partial charge in [-0.15, -0.1) is 0 Å². The van der Waals surface area contributed by atoms with Crippen molar-refractivity contribution in [2.24, 2.45) is 7.05 Å². The summed E-state index contributed by atoms with van der Waals surface area (Å²) in [5.74, 6) is 1.03. The van der Waals surface area contributed by atoms with Crippen molar-refractivity contribution in [3.05, 3.63) is 41.6 Å². The van der Waals surface area contributed by atoms with E-state index in [0.29, 0.717) is 6.04 Å². The molecule has 0 radical (unpaired) electrons. The minimum Gasteiger partial charge on any atom is -0.469 e. The van der Waals surface area contributed by atoms with Crippen molar-refractivity contribution >= 4 is 0 Å². The lowest BCUT2D eigenvalue weighted by Gasteiger charge is -2.17. The minimum atomic E-state index is 0.313. The molecule has 0 aromatic carbocycles. The molecule has 0 spiro atoms. The van der Waals surface area contributed by atoms with Crippen LogP contribution in [0.4, 0.5) is 0 Å². The molecule has 4 heteroatoms. The lowest BCUT2D eigenvalue weighted by atomic mass is 10.0. The Bertz CT molecular complexity index is 439. The normalized spacial score (nSPS) is 12.9. The monoisotopic (exact) mass is 233 g/mol. The fourth-order valence-electron chi connectivity index (χ4n) is 2.22. The first-order valence-corrected chi connectivity index (χ1v) is 5.90. The molecule has 2 heterocycles. The maximum atomic E-state index is 5.36. The maximum Gasteiger partial charge on any atom is 0.103 e. The predicted octanol–water partition coefficient (Wildman–Crippen LogP) is 2.21. The zero-order valence-electron chi connectivity index (χ0n) is 10.6. The van der Waals surface area contributed by atoms with Crippen LogP contribution in [0.1, 0.15) is 29.5 Å². The van der Waals surface area contributed by atoms with E-state index in [-0.39, 0.29) is 0 Å². The van der Waals surface area contributed by atoms with Gasteiger partial charge in [-0.2, -0.15) is 5.10 Å². The highest BCUT2D eigenvalue weighted by Gasteiger charge is 2.16. The van der Waals surface area contributed by atoms with Crippen molar-refractivity contribution in [1.29, 1.82) is 0 Å². The second kappa shape index (κ2) is 5.19. The molecule has 0 saturated carbocycles. The van der Waals surface area contributed by atoms with Crippen LogP contribution in [-0.4, -0.2) is 16.8 Å². The highest BCUT2D eigenvalue weighted by molar-refractivity contribution is 5.19. The lowest BCUT2D eigenvalue weighted by molar-refractivity contribution is 0.454. The van der Waals surface area contributed by atoms with Gasteiger partial charge in [-0.05, 0) is 38.1 Å². The molecule has 0 aliphatic heterocycles. The Labute approximate surface area is 102 Å². The van der Waals surface area contributed by atoms with Crippen molar-refractivity contribution in [1.82, 2.24) is 15.1 Å². The van der Waals surface area contributed by atoms with Gasteiger partial charge in [0.15, 0.2) is 0 Å². The first-order valence-electron chi connectivity index (χ1n) is 5.90. The standard InChI is InChI=1S/C13H19N3O/c1-10-9-15-16(3)13(10)12(14-2)7-6-11-5-4-8-17-11/h4-5,8-9,12,14H,6-7H2,1-3H3. The molecule has 0 fully saturated rings. The molecule has 1 N–H and O–H groups in total. The molecule has 0 amide bonds. The van der Waals surface area contributed by atoms with E-state index in [2.05, 4.69) is 17.3 Å². The molecule has 0 aliphatic carbocycles. The zero-order chi connectivity index (χ0) is 12.3. The Kier molecular flexibility index (Phi) is 3.64. The van der Waals surface area contributed by atoms with Crippen molar-refractivity contribution in [2.75, 3.05) is 7.05 Å². The van der Waals surface area contributed by atoms with Crippen LogP contribution in [0.25, 0.3) is 0 Å². The third kappa shape index (κ3) is 2.58. The fraction of sp³-hybridized carbons (Fsp3) is 0.462. The Balaban J connectivity index is 2.07. The van der Waals surface area contributed by atoms with Gasteiger partial charge in [0.2, 0.25) is 0 Å². The van der Waals surface area contributed by atoms with Gasteiger partial charge in [-0.25, -0.2) is 0 Å². The largest absolute Gasteiger partial charge is 0.469 e. The van der Waals surface area contributed by atoms with E-state index >= 15 is 0 Å². The highest BCUT2D eigenvalue weighted by Crippen LogP contribution is 2.21. The van der Waals surface area contributed by atoms with Crippen LogP contribution < -0.4 is 5.32 Å². The number of hydrogen-bond acceptors (Lipinski definition) is 3. The molecule has 2 rings (SSSR count). The van der Waals surface area contributed by atoms with E-state index < -0.39 is 0 Å². The molecule has 0 saturated heterocycles. The molecular weight excluding hydrogens is 214 g/mol. The molecule has 1 unspecified atom stereocenters. The number of furan rings is 1. The second-order valence-corrected chi connectivity index (χ2v) is 4.30. The van der Waals surface area contributed by atoms with Crippen molar-refractivity contribution in [3.8, 4) is 0 Å². The summed E-state index contributed by atoms with van der Waals surface area (Å²) in [5, 5.41) is 7.63. The van der Waals surface area contributed by atoms with Crippen LogP contribution in [0.2, 0.25) is 0 Å². The van der Waals surface area contributed by atoms with E-state index in [9.17, 15) is 0 Å². The Morgan fingerprint density at radius 2 is 2.35 bits per heavy atom. The van der Waals surface area contributed by atoms with E-state index in [1.165, 1.54) is 11.3 Å².